The highest BCUT2D eigenvalue weighted by Gasteiger charge is 2.41. The first-order valence-electron chi connectivity index (χ1n) is 14.9. The summed E-state index contributed by atoms with van der Waals surface area (Å²) >= 11 is 3.75. The number of rotatable bonds is 13. The van der Waals surface area contributed by atoms with Crippen molar-refractivity contribution in [2.45, 2.75) is 131 Å². The molecule has 0 aromatic carbocycles. The fourth-order valence-electron chi connectivity index (χ4n) is 6.54. The molecule has 4 unspecified atom stereocenters. The van der Waals surface area contributed by atoms with Crippen molar-refractivity contribution >= 4 is 29.6 Å². The molecule has 1 amide bonds. The molecule has 3 fully saturated rings. The topological polar surface area (TPSA) is 81.7 Å². The number of amides is 1. The third-order valence-corrected chi connectivity index (χ3v) is 11.7. The SMILES string of the molecule is COC1(C(=O)NSC2CCC(N(C)C(CCN(C)C)CSC3CCCCC3)C([NH2+]O)C2)CCCCCC1. The van der Waals surface area contributed by atoms with Gasteiger partial charge in [0.1, 0.15) is 11.6 Å². The van der Waals surface area contributed by atoms with Gasteiger partial charge in [-0.15, -0.1) is 0 Å². The van der Waals surface area contributed by atoms with Crippen molar-refractivity contribution in [1.29, 1.82) is 0 Å². The van der Waals surface area contributed by atoms with Crippen molar-refractivity contribution in [2.24, 2.45) is 0 Å². The number of nitrogens with zero attached hydrogens (tertiary/aromatic N) is 2. The van der Waals surface area contributed by atoms with Gasteiger partial charge in [0.25, 0.3) is 5.91 Å². The lowest BCUT2D eigenvalue weighted by molar-refractivity contribution is -0.913. The first-order chi connectivity index (χ1) is 17.9. The Morgan fingerprint density at radius 3 is 2.32 bits per heavy atom. The monoisotopic (exact) mass is 559 g/mol. The number of carbonyl (C=O) groups is 1. The summed E-state index contributed by atoms with van der Waals surface area (Å²) in [6.45, 7) is 1.09. The Bertz CT molecular complexity index is 657. The summed E-state index contributed by atoms with van der Waals surface area (Å²) < 4.78 is 8.98. The molecule has 0 spiro atoms. The second kappa shape index (κ2) is 16.3. The van der Waals surface area contributed by atoms with Crippen LogP contribution in [-0.4, -0.2) is 95.7 Å². The first kappa shape index (κ1) is 31.5. The minimum atomic E-state index is -0.668. The number of hydrogen-bond acceptors (Lipinski definition) is 7. The van der Waals surface area contributed by atoms with Gasteiger partial charge < -0.3 is 9.64 Å². The molecule has 3 saturated carbocycles. The van der Waals surface area contributed by atoms with E-state index in [-0.39, 0.29) is 11.9 Å². The molecule has 7 nitrogen and oxygen atoms in total. The van der Waals surface area contributed by atoms with E-state index >= 15 is 0 Å². The molecule has 0 heterocycles. The average Bonchev–Trinajstić information content (AvgIpc) is 3.18. The smallest absolute Gasteiger partial charge is 0.262 e. The Labute approximate surface area is 235 Å². The molecule has 0 aromatic rings. The highest BCUT2D eigenvalue weighted by Crippen LogP contribution is 2.34. The van der Waals surface area contributed by atoms with E-state index in [2.05, 4.69) is 47.4 Å². The standard InChI is InChI=1S/C28H54N4O3S2/c1-31(2)19-16-22(21-36-23-12-8-7-9-13-23)32(3)26-15-14-24(20-25(26)29-34)37-30-27(33)28(35-4)17-10-5-6-11-18-28/h22-26,29,34H,5-21H2,1-4H3,(H,30,33)/p+1. The van der Waals surface area contributed by atoms with Crippen molar-refractivity contribution < 1.29 is 20.2 Å². The van der Waals surface area contributed by atoms with Crippen LogP contribution in [0.25, 0.3) is 0 Å². The van der Waals surface area contributed by atoms with E-state index in [1.807, 2.05) is 0 Å². The number of nitrogens with two attached hydrogens (primary N) is 1. The van der Waals surface area contributed by atoms with Gasteiger partial charge in [-0.2, -0.15) is 11.8 Å². The molecule has 0 saturated heterocycles. The second-order valence-electron chi connectivity index (χ2n) is 12.0. The second-order valence-corrected chi connectivity index (χ2v) is 14.4. The van der Waals surface area contributed by atoms with E-state index in [0.717, 1.165) is 63.2 Å². The maximum atomic E-state index is 13.2. The van der Waals surface area contributed by atoms with E-state index in [1.54, 1.807) is 19.1 Å². The molecule has 0 bridgehead atoms. The zero-order valence-corrected chi connectivity index (χ0v) is 25.6. The van der Waals surface area contributed by atoms with Crippen LogP contribution in [0.1, 0.15) is 96.3 Å². The zero-order chi connectivity index (χ0) is 26.7. The highest BCUT2D eigenvalue weighted by molar-refractivity contribution is 8.00. The summed E-state index contributed by atoms with van der Waals surface area (Å²) in [4.78, 5) is 18.0. The van der Waals surface area contributed by atoms with Crippen LogP contribution in [0.3, 0.4) is 0 Å². The van der Waals surface area contributed by atoms with Crippen molar-refractivity contribution in [3.8, 4) is 0 Å². The van der Waals surface area contributed by atoms with E-state index < -0.39 is 5.60 Å². The van der Waals surface area contributed by atoms with Gasteiger partial charge in [0.05, 0.1) is 6.04 Å². The third kappa shape index (κ3) is 9.54. The van der Waals surface area contributed by atoms with Crippen molar-refractivity contribution in [2.75, 3.05) is 40.6 Å². The van der Waals surface area contributed by atoms with Gasteiger partial charge in [-0.3, -0.25) is 14.4 Å². The number of hydroxylamine groups is 1. The molecular formula is C28H55N4O3S2+. The maximum Gasteiger partial charge on any atom is 0.262 e. The Hall–Kier alpha value is -0.0300. The summed E-state index contributed by atoms with van der Waals surface area (Å²) in [7, 11) is 8.30. The first-order valence-corrected chi connectivity index (χ1v) is 16.8. The molecule has 0 aromatic heterocycles. The molecule has 3 aliphatic rings. The third-order valence-electron chi connectivity index (χ3n) is 9.12. The predicted octanol–water partition coefficient (Wildman–Crippen LogP) is 4.05. The lowest BCUT2D eigenvalue weighted by Crippen LogP contribution is -2.91. The van der Waals surface area contributed by atoms with Gasteiger partial charge in [-0.25, -0.2) is 10.7 Å². The molecule has 216 valence electrons. The van der Waals surface area contributed by atoms with Crippen LogP contribution in [0.4, 0.5) is 0 Å². The van der Waals surface area contributed by atoms with Crippen LogP contribution in [0.15, 0.2) is 0 Å². The molecule has 4 N–H and O–H groups in total. The summed E-state index contributed by atoms with van der Waals surface area (Å²) in [5, 5.41) is 11.4. The average molecular weight is 560 g/mol. The van der Waals surface area contributed by atoms with Gasteiger partial charge in [0.2, 0.25) is 0 Å². The zero-order valence-electron chi connectivity index (χ0n) is 24.0. The number of quaternary nitrogens is 1. The lowest BCUT2D eigenvalue weighted by Gasteiger charge is -2.42. The summed E-state index contributed by atoms with van der Waals surface area (Å²) in [6, 6.07) is 0.996. The molecule has 4 atom stereocenters. The number of ether oxygens (including phenoxy) is 1. The van der Waals surface area contributed by atoms with Gasteiger partial charge >= 0.3 is 0 Å². The fourth-order valence-corrected chi connectivity index (χ4v) is 9.13. The van der Waals surface area contributed by atoms with Crippen LogP contribution in [0, 0.1) is 0 Å². The van der Waals surface area contributed by atoms with Gasteiger partial charge in [-0.05, 0) is 84.6 Å². The highest BCUT2D eigenvalue weighted by atomic mass is 32.2. The van der Waals surface area contributed by atoms with E-state index in [0.29, 0.717) is 17.3 Å². The number of thioether (sulfide) groups is 1. The summed E-state index contributed by atoms with van der Waals surface area (Å²) in [5.74, 6) is 1.21. The van der Waals surface area contributed by atoms with Crippen LogP contribution >= 0.6 is 23.7 Å². The fraction of sp³-hybridized carbons (Fsp3) is 0.964. The largest absolute Gasteiger partial charge is 0.368 e. The molecule has 9 heteroatoms. The Kier molecular flexibility index (Phi) is 13.9. The van der Waals surface area contributed by atoms with E-state index in [1.165, 1.54) is 56.2 Å². The molecular weight excluding hydrogens is 504 g/mol. The van der Waals surface area contributed by atoms with Gasteiger partial charge in [-0.1, -0.05) is 44.9 Å². The van der Waals surface area contributed by atoms with Crippen LogP contribution in [0.2, 0.25) is 0 Å². The van der Waals surface area contributed by atoms with Gasteiger partial charge in [0, 0.05) is 35.8 Å². The van der Waals surface area contributed by atoms with E-state index in [9.17, 15) is 10.0 Å². The summed E-state index contributed by atoms with van der Waals surface area (Å²) in [6.07, 6.45) is 17.2. The minimum Gasteiger partial charge on any atom is -0.368 e. The molecule has 3 aliphatic carbocycles. The molecule has 37 heavy (non-hydrogen) atoms. The summed E-state index contributed by atoms with van der Waals surface area (Å²) in [5.41, 5.74) is 0.772. The number of methoxy groups -OCH3 is 1. The maximum absolute atomic E-state index is 13.2. The number of nitrogens with one attached hydrogen (secondary N) is 1. The van der Waals surface area contributed by atoms with Crippen molar-refractivity contribution in [1.82, 2.24) is 14.5 Å². The Morgan fingerprint density at radius 2 is 1.70 bits per heavy atom. The lowest BCUT2D eigenvalue weighted by atomic mass is 9.88. The molecule has 3 rings (SSSR count). The molecule has 0 radical (unpaired) electrons. The predicted molar refractivity (Wildman–Crippen MR) is 156 cm³/mol. The Morgan fingerprint density at radius 1 is 1.03 bits per heavy atom. The van der Waals surface area contributed by atoms with Crippen LogP contribution in [-0.2, 0) is 9.53 Å². The normalized spacial score (nSPS) is 28.2. The van der Waals surface area contributed by atoms with Gasteiger partial charge in [0.15, 0.2) is 0 Å². The van der Waals surface area contributed by atoms with Crippen LogP contribution < -0.4 is 10.2 Å². The molecule has 0 aliphatic heterocycles. The van der Waals surface area contributed by atoms with E-state index in [4.69, 9.17) is 4.74 Å². The minimum absolute atomic E-state index is 0.0363. The number of carbonyl (C=O) groups excluding carboxylic acids is 1. The quantitative estimate of drug-likeness (QED) is 0.178. The number of hydrogen-bond donors (Lipinski definition) is 3. The van der Waals surface area contributed by atoms with Crippen molar-refractivity contribution in [3.05, 3.63) is 0 Å². The van der Waals surface area contributed by atoms with Crippen molar-refractivity contribution in [3.63, 3.8) is 0 Å². The Balaban J connectivity index is 1.54. The van der Waals surface area contributed by atoms with Crippen LogP contribution in [0.5, 0.6) is 0 Å². The number of likely N-dealkylation sites (N-methyl/N-ethyl adjacent to an activating group) is 1.